The Balaban J connectivity index is 1.29. The van der Waals surface area contributed by atoms with E-state index < -0.39 is 23.5 Å². The van der Waals surface area contributed by atoms with E-state index in [1.165, 1.54) is 22.2 Å². The highest BCUT2D eigenvalue weighted by molar-refractivity contribution is 6.01. The molecule has 0 bridgehead atoms. The van der Waals surface area contributed by atoms with Crippen LogP contribution in [0.1, 0.15) is 24.4 Å². The van der Waals surface area contributed by atoms with E-state index in [1.54, 1.807) is 12.1 Å². The van der Waals surface area contributed by atoms with Gasteiger partial charge in [-0.05, 0) is 69.4 Å². The van der Waals surface area contributed by atoms with Crippen molar-refractivity contribution in [2.75, 3.05) is 43.9 Å². The number of anilines is 2. The number of nitrogen functional groups attached to an aromatic ring is 1. The van der Waals surface area contributed by atoms with E-state index in [0.717, 1.165) is 44.1 Å². The molecule has 0 radical (unpaired) electrons. The van der Waals surface area contributed by atoms with Crippen molar-refractivity contribution >= 4 is 28.6 Å². The Hall–Kier alpha value is -4.12. The maximum atomic E-state index is 15.7. The zero-order valence-electron chi connectivity index (χ0n) is 21.4. The molecular formula is C28H28F3N7O. The topological polar surface area (TPSA) is 83.5 Å². The van der Waals surface area contributed by atoms with E-state index in [2.05, 4.69) is 26.5 Å². The summed E-state index contributed by atoms with van der Waals surface area (Å²) in [5.74, 6) is -1.39. The molecule has 2 aliphatic rings. The summed E-state index contributed by atoms with van der Waals surface area (Å²) in [6, 6.07) is 7.60. The smallest absolute Gasteiger partial charge is 0.324 e. The molecule has 2 amide bonds. The molecule has 0 atom stereocenters. The quantitative estimate of drug-likeness (QED) is 0.397. The Kier molecular flexibility index (Phi) is 6.38. The molecule has 2 aromatic heterocycles. The normalized spacial score (nSPS) is 17.1. The second kappa shape index (κ2) is 9.88. The molecule has 2 aliphatic heterocycles. The number of carbonyl (C=O) groups excluding carboxylic acids is 1. The van der Waals surface area contributed by atoms with Gasteiger partial charge in [0.1, 0.15) is 35.2 Å². The third kappa shape index (κ3) is 4.56. The minimum atomic E-state index is -0.583. The van der Waals surface area contributed by atoms with Gasteiger partial charge in [0.15, 0.2) is 0 Å². The molecule has 4 heterocycles. The van der Waals surface area contributed by atoms with Crippen LogP contribution in [0.15, 0.2) is 48.9 Å². The minimum absolute atomic E-state index is 0.0742. The van der Waals surface area contributed by atoms with Gasteiger partial charge in [-0.3, -0.25) is 4.90 Å². The predicted molar refractivity (Wildman–Crippen MR) is 143 cm³/mol. The van der Waals surface area contributed by atoms with Crippen LogP contribution in [-0.4, -0.2) is 63.6 Å². The Morgan fingerprint density at radius 3 is 2.51 bits per heavy atom. The van der Waals surface area contributed by atoms with Crippen molar-refractivity contribution in [3.8, 4) is 11.1 Å². The van der Waals surface area contributed by atoms with Crippen molar-refractivity contribution in [2.45, 2.75) is 25.4 Å². The number of likely N-dealkylation sites (tertiary alicyclic amines) is 1. The van der Waals surface area contributed by atoms with Crippen LogP contribution in [0.2, 0.25) is 0 Å². The molecule has 8 nitrogen and oxygen atoms in total. The maximum absolute atomic E-state index is 15.7. The van der Waals surface area contributed by atoms with E-state index in [0.29, 0.717) is 40.9 Å². The number of aromatic nitrogens is 3. The number of benzene rings is 2. The van der Waals surface area contributed by atoms with E-state index in [1.807, 2.05) is 6.20 Å². The van der Waals surface area contributed by atoms with E-state index in [-0.39, 0.29) is 24.0 Å². The number of amides is 2. The Bertz CT molecular complexity index is 1560. The first-order valence-electron chi connectivity index (χ1n) is 12.9. The molecule has 6 rings (SSSR count). The first-order valence-corrected chi connectivity index (χ1v) is 12.9. The fourth-order valence-electron chi connectivity index (χ4n) is 5.59. The largest absolute Gasteiger partial charge is 0.383 e. The number of carbonyl (C=O) groups is 1. The number of nitrogens with zero attached hydrogens (tertiary/aromatic N) is 6. The van der Waals surface area contributed by atoms with Gasteiger partial charge in [-0.1, -0.05) is 0 Å². The number of nitrogens with two attached hydrogens (primary N) is 1. The fourth-order valence-corrected chi connectivity index (χ4v) is 5.59. The van der Waals surface area contributed by atoms with Crippen LogP contribution in [0.5, 0.6) is 0 Å². The summed E-state index contributed by atoms with van der Waals surface area (Å²) in [6.07, 6.45) is 5.21. The van der Waals surface area contributed by atoms with E-state index in [9.17, 15) is 13.6 Å². The number of hydrogen-bond donors (Lipinski definition) is 1. The minimum Gasteiger partial charge on any atom is -0.383 e. The number of fused-ring (bicyclic) bond motifs is 1. The molecule has 11 heteroatoms. The highest BCUT2D eigenvalue weighted by Gasteiger charge is 2.31. The highest BCUT2D eigenvalue weighted by atomic mass is 19.1. The van der Waals surface area contributed by atoms with Crippen LogP contribution in [-0.2, 0) is 6.54 Å². The molecule has 0 spiro atoms. The molecule has 2 aromatic carbocycles. The lowest BCUT2D eigenvalue weighted by atomic mass is 10.0. The Morgan fingerprint density at radius 1 is 0.949 bits per heavy atom. The molecule has 0 saturated carbocycles. The molecule has 2 N–H and O–H groups in total. The Morgan fingerprint density at radius 2 is 1.74 bits per heavy atom. The second-order valence-corrected chi connectivity index (χ2v) is 10.2. The van der Waals surface area contributed by atoms with Gasteiger partial charge in [0.25, 0.3) is 0 Å². The number of piperidine rings is 1. The first-order chi connectivity index (χ1) is 18.8. The van der Waals surface area contributed by atoms with Crippen molar-refractivity contribution < 1.29 is 18.0 Å². The van der Waals surface area contributed by atoms with Crippen LogP contribution in [0, 0.1) is 17.5 Å². The average Bonchev–Trinajstić information content (AvgIpc) is 3.48. The lowest BCUT2D eigenvalue weighted by Gasteiger charge is -2.30. The lowest BCUT2D eigenvalue weighted by molar-refractivity contribution is 0.218. The van der Waals surface area contributed by atoms with Gasteiger partial charge in [-0.15, -0.1) is 0 Å². The molecule has 0 aliphatic carbocycles. The summed E-state index contributed by atoms with van der Waals surface area (Å²) in [5.41, 5.74) is 8.33. The van der Waals surface area contributed by atoms with Crippen molar-refractivity contribution in [3.05, 3.63) is 71.9 Å². The highest BCUT2D eigenvalue weighted by Crippen LogP contribution is 2.38. The van der Waals surface area contributed by atoms with Gasteiger partial charge >= 0.3 is 6.03 Å². The number of urea groups is 1. The monoisotopic (exact) mass is 535 g/mol. The third-order valence-electron chi connectivity index (χ3n) is 7.74. The summed E-state index contributed by atoms with van der Waals surface area (Å²) in [7, 11) is 2.09. The predicted octanol–water partition coefficient (Wildman–Crippen LogP) is 4.81. The summed E-state index contributed by atoms with van der Waals surface area (Å²) in [6.45, 7) is 2.43. The van der Waals surface area contributed by atoms with Crippen LogP contribution in [0.4, 0.5) is 29.5 Å². The van der Waals surface area contributed by atoms with E-state index in [4.69, 9.17) is 5.73 Å². The van der Waals surface area contributed by atoms with Gasteiger partial charge in [0.2, 0.25) is 0 Å². The van der Waals surface area contributed by atoms with Crippen molar-refractivity contribution in [3.63, 3.8) is 0 Å². The number of hydrogen-bond acceptors (Lipinski definition) is 5. The van der Waals surface area contributed by atoms with Crippen LogP contribution >= 0.6 is 0 Å². The second-order valence-electron chi connectivity index (χ2n) is 10.2. The number of halogens is 3. The summed E-state index contributed by atoms with van der Waals surface area (Å²) in [4.78, 5) is 26.8. The van der Waals surface area contributed by atoms with E-state index >= 15 is 4.39 Å². The Labute approximate surface area is 223 Å². The summed E-state index contributed by atoms with van der Waals surface area (Å²) < 4.78 is 45.5. The van der Waals surface area contributed by atoms with Crippen LogP contribution in [0.3, 0.4) is 0 Å². The number of rotatable bonds is 5. The maximum Gasteiger partial charge on any atom is 0.324 e. The van der Waals surface area contributed by atoms with Crippen LogP contribution in [0.25, 0.3) is 22.2 Å². The summed E-state index contributed by atoms with van der Waals surface area (Å²) >= 11 is 0. The SMILES string of the molecule is CN1CCC(n2cc(-c3ccc(N4CCN(Cc5cc(F)ccc5F)C4=O)cc3F)c3c(N)ncnc32)CC1. The molecule has 2 fully saturated rings. The van der Waals surface area contributed by atoms with Crippen molar-refractivity contribution in [1.82, 2.24) is 24.3 Å². The summed E-state index contributed by atoms with van der Waals surface area (Å²) in [5, 5.41) is 0.601. The zero-order valence-corrected chi connectivity index (χ0v) is 21.4. The van der Waals surface area contributed by atoms with Gasteiger partial charge in [0, 0.05) is 47.7 Å². The molecular weight excluding hydrogens is 507 g/mol. The standard InChI is InChI=1S/C28H28F3N7O/c1-35-8-6-19(7-9-35)38-15-22(25-26(32)33-16-34-27(25)38)21-4-3-20(13-24(21)31)37-11-10-36(28(37)39)14-17-12-18(29)2-5-23(17)30/h2-5,12-13,15-16,19H,6-11,14H2,1H3,(H2,32,33,34). The molecule has 2 saturated heterocycles. The van der Waals surface area contributed by atoms with Crippen LogP contribution < -0.4 is 10.6 Å². The fraction of sp³-hybridized carbons (Fsp3) is 0.321. The third-order valence-corrected chi connectivity index (χ3v) is 7.74. The van der Waals surface area contributed by atoms with Gasteiger partial charge in [-0.2, -0.15) is 0 Å². The molecule has 39 heavy (non-hydrogen) atoms. The lowest BCUT2D eigenvalue weighted by Crippen LogP contribution is -2.31. The van der Waals surface area contributed by atoms with Gasteiger partial charge < -0.3 is 20.1 Å². The van der Waals surface area contributed by atoms with Crippen molar-refractivity contribution in [1.29, 1.82) is 0 Å². The molecule has 4 aromatic rings. The van der Waals surface area contributed by atoms with Crippen molar-refractivity contribution in [2.24, 2.45) is 0 Å². The van der Waals surface area contributed by atoms with Gasteiger partial charge in [0.05, 0.1) is 11.9 Å². The first kappa shape index (κ1) is 25.2. The average molecular weight is 536 g/mol. The molecule has 202 valence electrons. The molecule has 0 unspecified atom stereocenters. The zero-order chi connectivity index (χ0) is 27.3. The van der Waals surface area contributed by atoms with Gasteiger partial charge in [-0.25, -0.2) is 27.9 Å².